The molecule has 1 aliphatic rings. The number of hydrogen-bond acceptors (Lipinski definition) is 6. The van der Waals surface area contributed by atoms with Gasteiger partial charge in [0.05, 0.1) is 18.8 Å². The summed E-state index contributed by atoms with van der Waals surface area (Å²) in [5, 5.41) is 9.76. The van der Waals surface area contributed by atoms with E-state index in [4.69, 9.17) is 26.9 Å². The zero-order chi connectivity index (χ0) is 14.8. The summed E-state index contributed by atoms with van der Waals surface area (Å²) in [6.45, 7) is 2.54. The molecule has 1 rings (SSSR count). The lowest BCUT2D eigenvalue weighted by Crippen LogP contribution is -2.26. The lowest BCUT2D eigenvalue weighted by atomic mass is 9.86. The van der Waals surface area contributed by atoms with Gasteiger partial charge in [-0.15, -0.1) is 0 Å². The van der Waals surface area contributed by atoms with Gasteiger partial charge in [0.1, 0.15) is 7.85 Å². The Morgan fingerprint density at radius 3 is 2.37 bits per heavy atom. The van der Waals surface area contributed by atoms with Crippen molar-refractivity contribution in [2.45, 2.75) is 31.6 Å². The monoisotopic (exact) mass is 314 g/mol. The number of phosphoric acid groups is 1. The van der Waals surface area contributed by atoms with Crippen molar-refractivity contribution in [3.63, 3.8) is 0 Å². The van der Waals surface area contributed by atoms with E-state index in [1.165, 1.54) is 0 Å². The molecule has 5 atom stereocenters. The summed E-state index contributed by atoms with van der Waals surface area (Å²) < 4.78 is 36.2. The topological polar surface area (TPSA) is 123 Å². The Kier molecular flexibility index (Phi) is 5.81. The number of ether oxygens (including phenoxy) is 1. The summed E-state index contributed by atoms with van der Waals surface area (Å²) in [4.78, 5) is 17.1. The van der Waals surface area contributed by atoms with E-state index in [2.05, 4.69) is 4.31 Å². The SMILES string of the molecule is [B][C@@H]1O[C@H](CCOP(C)(=O)OP(=O)(O)O)[C@@H](O)[C@H]1C. The van der Waals surface area contributed by atoms with Crippen molar-refractivity contribution in [1.82, 2.24) is 0 Å². The fourth-order valence-corrected chi connectivity index (χ4v) is 3.90. The first-order chi connectivity index (χ1) is 8.52. The van der Waals surface area contributed by atoms with Crippen molar-refractivity contribution in [3.05, 3.63) is 0 Å². The molecule has 0 aromatic heterocycles. The Hall–Kier alpha value is 0.285. The average Bonchev–Trinajstić information content (AvgIpc) is 2.42. The third kappa shape index (κ3) is 5.65. The van der Waals surface area contributed by atoms with Crippen LogP contribution in [0.1, 0.15) is 13.3 Å². The fourth-order valence-electron chi connectivity index (χ4n) is 1.73. The van der Waals surface area contributed by atoms with Gasteiger partial charge in [0.2, 0.25) is 0 Å². The molecule has 1 heterocycles. The highest BCUT2D eigenvalue weighted by atomic mass is 31.3. The van der Waals surface area contributed by atoms with Crippen LogP contribution in [0.15, 0.2) is 0 Å². The second kappa shape index (κ2) is 6.37. The highest BCUT2D eigenvalue weighted by molar-refractivity contribution is 7.63. The summed E-state index contributed by atoms with van der Waals surface area (Å²) in [6, 6.07) is -0.584. The van der Waals surface area contributed by atoms with Crippen LogP contribution in [0.5, 0.6) is 0 Å². The average molecular weight is 314 g/mol. The van der Waals surface area contributed by atoms with Crippen LogP contribution in [0.3, 0.4) is 0 Å². The second-order valence-electron chi connectivity index (χ2n) is 4.45. The van der Waals surface area contributed by atoms with Crippen molar-refractivity contribution in [1.29, 1.82) is 0 Å². The van der Waals surface area contributed by atoms with Gasteiger partial charge in [-0.25, -0.2) is 8.88 Å². The lowest BCUT2D eigenvalue weighted by molar-refractivity contribution is 0.0174. The molecule has 1 unspecified atom stereocenters. The molecule has 0 aromatic rings. The van der Waals surface area contributed by atoms with E-state index in [0.717, 1.165) is 6.66 Å². The fraction of sp³-hybridized carbons (Fsp3) is 1.00. The molecule has 0 aliphatic carbocycles. The molecule has 1 fully saturated rings. The van der Waals surface area contributed by atoms with Gasteiger partial charge < -0.3 is 24.2 Å². The van der Waals surface area contributed by atoms with Gasteiger partial charge in [-0.1, -0.05) is 6.92 Å². The van der Waals surface area contributed by atoms with Crippen LogP contribution in [0, 0.1) is 5.92 Å². The van der Waals surface area contributed by atoms with Gasteiger partial charge >= 0.3 is 15.4 Å². The van der Waals surface area contributed by atoms with Gasteiger partial charge in [0, 0.05) is 18.6 Å². The minimum Gasteiger partial charge on any atom is -0.390 e. The minimum absolute atomic E-state index is 0.144. The molecule has 11 heteroatoms. The van der Waals surface area contributed by atoms with E-state index in [0.29, 0.717) is 0 Å². The number of rotatable bonds is 6. The zero-order valence-corrected chi connectivity index (χ0v) is 12.4. The molecule has 0 amide bonds. The van der Waals surface area contributed by atoms with Crippen molar-refractivity contribution in [2.24, 2.45) is 5.92 Å². The van der Waals surface area contributed by atoms with Gasteiger partial charge in [-0.2, -0.15) is 0 Å². The third-order valence-electron chi connectivity index (χ3n) is 2.75. The molecule has 8 nitrogen and oxygen atoms in total. The van der Waals surface area contributed by atoms with E-state index >= 15 is 0 Å². The summed E-state index contributed by atoms with van der Waals surface area (Å²) >= 11 is 0. The van der Waals surface area contributed by atoms with Crippen molar-refractivity contribution < 1.29 is 37.6 Å². The number of aliphatic hydroxyl groups excluding tert-OH is 1. The molecule has 110 valence electrons. The van der Waals surface area contributed by atoms with Crippen molar-refractivity contribution in [2.75, 3.05) is 13.3 Å². The predicted molar refractivity (Wildman–Crippen MR) is 66.8 cm³/mol. The smallest absolute Gasteiger partial charge is 0.390 e. The summed E-state index contributed by atoms with van der Waals surface area (Å²) in [5.41, 5.74) is 0. The number of hydrogen-bond donors (Lipinski definition) is 3. The molecular weight excluding hydrogens is 297 g/mol. The molecule has 3 N–H and O–H groups in total. The maximum atomic E-state index is 11.5. The standard InChI is InChI=1S/C8H17BO8P2/c1-5-7(10)6(16-8(5)9)3-4-15-18(2,11)17-19(12,13)14/h5-8,10H,3-4H2,1-2H3,(H2,12,13,14)/t5-,6-,7+,8-,18?/m1/s1. The first kappa shape index (κ1) is 17.3. The van der Waals surface area contributed by atoms with Crippen LogP contribution in [0.2, 0.25) is 0 Å². The van der Waals surface area contributed by atoms with Crippen LogP contribution in [-0.4, -0.2) is 54.2 Å². The quantitative estimate of drug-likeness (QED) is 0.470. The van der Waals surface area contributed by atoms with Crippen LogP contribution in [-0.2, 0) is 22.7 Å². The van der Waals surface area contributed by atoms with Gasteiger partial charge in [-0.3, -0.25) is 4.57 Å². The van der Waals surface area contributed by atoms with Gasteiger partial charge in [-0.05, 0) is 6.42 Å². The summed E-state index contributed by atoms with van der Waals surface area (Å²) in [7, 11) is -3.13. The molecule has 1 saturated heterocycles. The van der Waals surface area contributed by atoms with Crippen LogP contribution in [0.4, 0.5) is 0 Å². The van der Waals surface area contributed by atoms with E-state index in [9.17, 15) is 14.2 Å². The highest BCUT2D eigenvalue weighted by Crippen LogP contribution is 2.57. The number of aliphatic hydroxyl groups is 1. The Balaban J connectivity index is 2.39. The Morgan fingerprint density at radius 2 is 1.95 bits per heavy atom. The maximum Gasteiger partial charge on any atom is 0.476 e. The molecular formula is C8H17BO8P2. The first-order valence-corrected chi connectivity index (χ1v) is 9.12. The molecule has 0 saturated carbocycles. The zero-order valence-electron chi connectivity index (χ0n) is 10.6. The molecule has 0 aromatic carbocycles. The first-order valence-electron chi connectivity index (χ1n) is 5.60. The van der Waals surface area contributed by atoms with E-state index in [1.807, 2.05) is 0 Å². The maximum absolute atomic E-state index is 11.5. The van der Waals surface area contributed by atoms with Crippen molar-refractivity contribution >= 4 is 23.3 Å². The Morgan fingerprint density at radius 1 is 1.37 bits per heavy atom. The normalized spacial score (nSPS) is 35.2. The summed E-state index contributed by atoms with van der Waals surface area (Å²) in [6.07, 6.45) is -1.15. The molecule has 19 heavy (non-hydrogen) atoms. The Labute approximate surface area is 112 Å². The Bertz CT molecular complexity index is 398. The summed E-state index contributed by atoms with van der Waals surface area (Å²) in [5.74, 6) is -0.232. The van der Waals surface area contributed by atoms with Crippen LogP contribution >= 0.6 is 15.4 Å². The van der Waals surface area contributed by atoms with Crippen LogP contribution in [0.25, 0.3) is 0 Å². The molecule has 0 bridgehead atoms. The van der Waals surface area contributed by atoms with E-state index in [-0.39, 0.29) is 18.9 Å². The molecule has 0 spiro atoms. The van der Waals surface area contributed by atoms with Gasteiger partial charge in [0.25, 0.3) is 0 Å². The third-order valence-corrected chi connectivity index (χ3v) is 5.44. The minimum atomic E-state index is -4.87. The predicted octanol–water partition coefficient (Wildman–Crippen LogP) is 0.216. The second-order valence-corrected chi connectivity index (χ2v) is 7.89. The molecule has 1 aliphatic heterocycles. The van der Waals surface area contributed by atoms with E-state index < -0.39 is 33.6 Å². The van der Waals surface area contributed by atoms with Crippen LogP contribution < -0.4 is 0 Å². The van der Waals surface area contributed by atoms with E-state index in [1.54, 1.807) is 6.92 Å². The largest absolute Gasteiger partial charge is 0.476 e. The molecule has 2 radical (unpaired) electrons. The lowest BCUT2D eigenvalue weighted by Gasteiger charge is -2.18. The van der Waals surface area contributed by atoms with Crippen molar-refractivity contribution in [3.8, 4) is 0 Å². The van der Waals surface area contributed by atoms with Gasteiger partial charge in [0.15, 0.2) is 0 Å². The highest BCUT2D eigenvalue weighted by Gasteiger charge is 2.38.